The van der Waals surface area contributed by atoms with Crippen LogP contribution >= 0.6 is 0 Å². The average molecular weight is 338 g/mol. The van der Waals surface area contributed by atoms with Crippen molar-refractivity contribution in [3.05, 3.63) is 62.5 Å². The van der Waals surface area contributed by atoms with Gasteiger partial charge in [-0.3, -0.25) is 12.2 Å². The van der Waals surface area contributed by atoms with Crippen LogP contribution in [0, 0.1) is 38.8 Å². The van der Waals surface area contributed by atoms with Crippen LogP contribution in [0.2, 0.25) is 0 Å². The van der Waals surface area contributed by atoms with Gasteiger partial charge in [0.25, 0.3) is 0 Å². The van der Waals surface area contributed by atoms with Gasteiger partial charge >= 0.3 is 30.2 Å². The molecule has 0 bridgehead atoms. The molecule has 0 aromatic carbocycles. The zero-order valence-corrected chi connectivity index (χ0v) is 16.5. The molecule has 0 spiro atoms. The fraction of sp³-hybridized carbons (Fsp3) is 0.375. The summed E-state index contributed by atoms with van der Waals surface area (Å²) in [6.07, 6.45) is 14.9. The number of hydrogen-bond acceptors (Lipinski definition) is 0. The second-order valence-corrected chi connectivity index (χ2v) is 3.95. The molecule has 0 N–H and O–H groups in total. The fourth-order valence-corrected chi connectivity index (χ4v) is 1.49. The van der Waals surface area contributed by atoms with Gasteiger partial charge < -0.3 is 14.9 Å². The van der Waals surface area contributed by atoms with Gasteiger partial charge in [0.1, 0.15) is 0 Å². The third kappa shape index (κ3) is 11.2. The summed E-state index contributed by atoms with van der Waals surface area (Å²) in [5, 5.41) is 0. The molecule has 102 valence electrons. The van der Waals surface area contributed by atoms with E-state index in [1.54, 1.807) is 23.3 Å². The summed E-state index contributed by atoms with van der Waals surface area (Å²) in [7, 11) is 0. The van der Waals surface area contributed by atoms with Gasteiger partial charge in [-0.05, 0) is 0 Å². The van der Waals surface area contributed by atoms with Crippen molar-refractivity contribution in [3.63, 3.8) is 0 Å². The van der Waals surface area contributed by atoms with Crippen molar-refractivity contribution in [2.75, 3.05) is 0 Å². The summed E-state index contributed by atoms with van der Waals surface area (Å²) in [6, 6.07) is 0. The van der Waals surface area contributed by atoms with E-state index in [1.165, 1.54) is 11.1 Å². The first-order chi connectivity index (χ1) is 7.58. The third-order valence-electron chi connectivity index (χ3n) is 2.18. The molecule has 2 aliphatic carbocycles. The average Bonchev–Trinajstić information content (AvgIpc) is 2.80. The molecule has 18 heavy (non-hydrogen) atoms. The molecule has 2 rings (SSSR count). The van der Waals surface area contributed by atoms with Crippen LogP contribution in [0.5, 0.6) is 0 Å². The van der Waals surface area contributed by atoms with E-state index in [1.807, 2.05) is 6.88 Å². The summed E-state index contributed by atoms with van der Waals surface area (Å²) in [5.41, 5.74) is 2.54. The van der Waals surface area contributed by atoms with Crippen molar-refractivity contribution < 1.29 is 23.3 Å². The fourth-order valence-electron chi connectivity index (χ4n) is 1.49. The predicted molar refractivity (Wildman–Crippen MR) is 82.8 cm³/mol. The first-order valence-corrected chi connectivity index (χ1v) is 11.4. The summed E-state index contributed by atoms with van der Waals surface area (Å²) >= 11 is 1.58. The van der Waals surface area contributed by atoms with Gasteiger partial charge in [-0.2, -0.15) is 12.2 Å². The Morgan fingerprint density at radius 3 is 1.22 bits per heavy atom. The van der Waals surface area contributed by atoms with Crippen LogP contribution < -0.4 is 0 Å². The van der Waals surface area contributed by atoms with Crippen molar-refractivity contribution in [1.82, 2.24) is 0 Å². The van der Waals surface area contributed by atoms with Gasteiger partial charge in [0.15, 0.2) is 0 Å². The molecule has 0 aromatic heterocycles. The Morgan fingerprint density at radius 1 is 0.889 bits per heavy atom. The molecule has 0 fully saturated rings. The molecule has 0 amide bonds. The molecule has 0 saturated carbocycles. The van der Waals surface area contributed by atoms with Gasteiger partial charge in [-0.15, -0.1) is 0 Å². The van der Waals surface area contributed by atoms with Crippen molar-refractivity contribution in [2.24, 2.45) is 11.8 Å². The standard InChI is InChI=1S/2C7H9.2CH3.H2Si.Zr/c2*1-6-3-4-7(2)5-6;;;;/h2*3-4,6H,1-2H3;2*1H3;1H2;/q4*-1;;. The van der Waals surface area contributed by atoms with Gasteiger partial charge in [0.05, 0.1) is 0 Å². The van der Waals surface area contributed by atoms with Crippen LogP contribution in [0.15, 0.2) is 35.5 Å². The van der Waals surface area contributed by atoms with E-state index >= 15 is 0 Å². The maximum atomic E-state index is 3.22. The first kappa shape index (κ1) is 23.2. The molecule has 0 radical (unpaired) electrons. The van der Waals surface area contributed by atoms with E-state index in [-0.39, 0.29) is 14.9 Å². The zero-order valence-electron chi connectivity index (χ0n) is 12.7. The SMILES string of the molecule is CC1=[C-]C(C)C=C1.CC1=[C-]C(C)C=C1.[CH3-].[CH3-].[SiH2]=[Zr]. The molecule has 2 heteroatoms. The normalized spacial score (nSPS) is 22.2. The molecule has 0 aliphatic heterocycles. The van der Waals surface area contributed by atoms with Crippen LogP contribution in [-0.2, 0) is 23.3 Å². The number of hydrogen-bond donors (Lipinski definition) is 0. The maximum absolute atomic E-state index is 3.22. The Morgan fingerprint density at radius 2 is 1.17 bits per heavy atom. The molecule has 2 unspecified atom stereocenters. The summed E-state index contributed by atoms with van der Waals surface area (Å²) in [4.78, 5) is 0. The summed E-state index contributed by atoms with van der Waals surface area (Å²) in [6.45, 7) is 10.4. The molecular weight excluding hydrogens is 311 g/mol. The van der Waals surface area contributed by atoms with Crippen molar-refractivity contribution in [1.29, 1.82) is 0 Å². The minimum atomic E-state index is 0. The van der Waals surface area contributed by atoms with E-state index in [0.29, 0.717) is 11.8 Å². The Kier molecular flexibility index (Phi) is 17.4. The monoisotopic (exact) mass is 336 g/mol. The van der Waals surface area contributed by atoms with Crippen LogP contribution in [0.3, 0.4) is 0 Å². The Bertz CT molecular complexity index is 292. The first-order valence-electron chi connectivity index (χ1n) is 5.50. The van der Waals surface area contributed by atoms with Crippen molar-refractivity contribution in [2.45, 2.75) is 27.7 Å². The molecule has 2 atom stereocenters. The Hall–Kier alpha value is 0.0600. The quantitative estimate of drug-likeness (QED) is 0.465. The van der Waals surface area contributed by atoms with Crippen molar-refractivity contribution in [3.8, 4) is 0 Å². The van der Waals surface area contributed by atoms with E-state index in [0.717, 1.165) is 0 Å². The van der Waals surface area contributed by atoms with Gasteiger partial charge in [0.2, 0.25) is 0 Å². The minimum absolute atomic E-state index is 0. The van der Waals surface area contributed by atoms with Gasteiger partial charge in [-0.1, -0.05) is 39.5 Å². The van der Waals surface area contributed by atoms with Crippen LogP contribution in [0.1, 0.15) is 27.7 Å². The second kappa shape index (κ2) is 13.5. The molecule has 0 saturated heterocycles. The second-order valence-electron chi connectivity index (χ2n) is 3.95. The zero-order chi connectivity index (χ0) is 12.6. The van der Waals surface area contributed by atoms with E-state index in [9.17, 15) is 0 Å². The summed E-state index contributed by atoms with van der Waals surface area (Å²) in [5.74, 6) is 1.11. The van der Waals surface area contributed by atoms with E-state index in [4.69, 9.17) is 0 Å². The summed E-state index contributed by atoms with van der Waals surface area (Å²) < 4.78 is 0. The molecule has 0 nitrogen and oxygen atoms in total. The number of allylic oxidation sites excluding steroid dienone is 8. The molecular formula is C16H26SiZr-4. The third-order valence-corrected chi connectivity index (χ3v) is 2.18. The van der Waals surface area contributed by atoms with Gasteiger partial charge in [-0.25, -0.2) is 23.3 Å². The van der Waals surface area contributed by atoms with E-state index in [2.05, 4.69) is 64.2 Å². The van der Waals surface area contributed by atoms with E-state index < -0.39 is 0 Å². The molecule has 0 aromatic rings. The Balaban J connectivity index is -0.000000200. The molecule has 2 aliphatic rings. The molecule has 0 heterocycles. The van der Waals surface area contributed by atoms with Crippen LogP contribution in [0.25, 0.3) is 0 Å². The van der Waals surface area contributed by atoms with Crippen LogP contribution in [0.4, 0.5) is 0 Å². The van der Waals surface area contributed by atoms with Gasteiger partial charge in [0, 0.05) is 0 Å². The predicted octanol–water partition coefficient (Wildman–Crippen LogP) is 3.87. The Labute approximate surface area is 132 Å². The number of rotatable bonds is 0. The topological polar surface area (TPSA) is 0 Å². The van der Waals surface area contributed by atoms with Crippen LogP contribution in [-0.4, -0.2) is 6.88 Å². The van der Waals surface area contributed by atoms with Crippen molar-refractivity contribution >= 4 is 6.88 Å².